The van der Waals surface area contributed by atoms with Crippen LogP contribution in [-0.4, -0.2) is 96.7 Å². The molecule has 6 atom stereocenters. The van der Waals surface area contributed by atoms with Crippen LogP contribution in [0, 0.1) is 5.92 Å². The molecule has 0 radical (unpaired) electrons. The molecule has 0 rings (SSSR count). The van der Waals surface area contributed by atoms with E-state index in [1.165, 1.54) is 327 Å². The quantitative estimate of drug-likeness (QED) is 0.0222. The molecular weight excluding hydrogens is 1440 g/mol. The molecule has 0 aromatic heterocycles. The minimum absolute atomic E-state index is 0.110. The first kappa shape index (κ1) is 109. The van der Waals surface area contributed by atoms with Crippen LogP contribution in [0.15, 0.2) is 0 Å². The molecule has 3 unspecified atom stereocenters. The standard InChI is InChI=1S/C92H180O17P2/c1-6-10-13-16-19-22-25-27-29-31-33-38-42-46-51-56-61-66-71-76-90(95)103-82-88(109-92(97)78-73-68-63-58-53-48-44-40-36-35-37-41-45-50-54-59-64-69-74-85(5)9-4)84-107-111(100,101)105-80-86(93)79-104-110(98,99)106-83-87(81-102-89(94)75-70-65-60-55-49-24-21-18-15-12-8-3)108-91(96)77-72-67-62-57-52-47-43-39-34-32-30-28-26-23-20-17-14-11-7-2/h85-88,93H,6-84H2,1-5H3,(H,98,99)(H,100,101)/t85?,86-,87+,88+/m0/s1. The lowest BCUT2D eigenvalue weighted by Crippen LogP contribution is -2.30. The van der Waals surface area contributed by atoms with Gasteiger partial charge in [-0.1, -0.05) is 452 Å². The maximum Gasteiger partial charge on any atom is 0.472 e. The summed E-state index contributed by atoms with van der Waals surface area (Å²) < 4.78 is 69.1. The summed E-state index contributed by atoms with van der Waals surface area (Å²) in [6.45, 7) is 7.47. The van der Waals surface area contributed by atoms with E-state index in [1.54, 1.807) is 0 Å². The predicted molar refractivity (Wildman–Crippen MR) is 460 cm³/mol. The third kappa shape index (κ3) is 84.3. The van der Waals surface area contributed by atoms with Gasteiger partial charge in [0.25, 0.3) is 0 Å². The molecule has 0 saturated heterocycles. The van der Waals surface area contributed by atoms with Crippen LogP contribution in [0.5, 0.6) is 0 Å². The van der Waals surface area contributed by atoms with Gasteiger partial charge in [0.1, 0.15) is 19.3 Å². The van der Waals surface area contributed by atoms with Crippen LogP contribution in [0.25, 0.3) is 0 Å². The fourth-order valence-corrected chi connectivity index (χ4v) is 16.1. The molecule has 0 aliphatic heterocycles. The molecule has 0 aromatic rings. The van der Waals surface area contributed by atoms with E-state index in [0.717, 1.165) is 95.8 Å². The van der Waals surface area contributed by atoms with Gasteiger partial charge in [0.05, 0.1) is 26.4 Å². The van der Waals surface area contributed by atoms with Gasteiger partial charge in [-0.25, -0.2) is 9.13 Å². The molecule has 17 nitrogen and oxygen atoms in total. The van der Waals surface area contributed by atoms with Crippen LogP contribution in [-0.2, 0) is 65.4 Å². The molecule has 0 heterocycles. The van der Waals surface area contributed by atoms with Crippen molar-refractivity contribution in [2.24, 2.45) is 5.92 Å². The van der Waals surface area contributed by atoms with Gasteiger partial charge in [-0.3, -0.25) is 37.3 Å². The Hall–Kier alpha value is -1.94. The van der Waals surface area contributed by atoms with E-state index in [2.05, 4.69) is 34.6 Å². The number of unbranched alkanes of at least 4 members (excludes halogenated alkanes) is 63. The number of hydrogen-bond acceptors (Lipinski definition) is 15. The maximum atomic E-state index is 13.2. The summed E-state index contributed by atoms with van der Waals surface area (Å²) in [4.78, 5) is 73.4. The van der Waals surface area contributed by atoms with Crippen molar-refractivity contribution in [3.63, 3.8) is 0 Å². The molecule has 19 heteroatoms. The Morgan fingerprint density at radius 3 is 0.640 bits per heavy atom. The highest BCUT2D eigenvalue weighted by atomic mass is 31.2. The molecule has 0 aromatic carbocycles. The van der Waals surface area contributed by atoms with Gasteiger partial charge in [-0.15, -0.1) is 0 Å². The van der Waals surface area contributed by atoms with Gasteiger partial charge in [0.15, 0.2) is 12.2 Å². The third-order valence-corrected chi connectivity index (χ3v) is 24.0. The number of aliphatic hydroxyl groups excluding tert-OH is 1. The summed E-state index contributed by atoms with van der Waals surface area (Å²) in [5, 5.41) is 10.7. The summed E-state index contributed by atoms with van der Waals surface area (Å²) in [5.74, 6) is -1.22. The van der Waals surface area contributed by atoms with Gasteiger partial charge in [-0.05, 0) is 31.6 Å². The molecule has 3 N–H and O–H groups in total. The SMILES string of the molecule is CCCCCCCCCCCCCCCCCCCCCC(=O)OC[C@H](COP(=O)(O)OC[C@@H](O)COP(=O)(O)OC[C@@H](COC(=O)CCCCCCCCCCCCC)OC(=O)CCCCCCCCCCCCCCCCCCCCC)OC(=O)CCCCCCCCCCCCCCCCCCCCC(C)CC. The minimum Gasteiger partial charge on any atom is -0.462 e. The van der Waals surface area contributed by atoms with Crippen molar-refractivity contribution in [1.29, 1.82) is 0 Å². The van der Waals surface area contributed by atoms with E-state index < -0.39 is 97.5 Å². The zero-order valence-corrected chi connectivity index (χ0v) is 74.9. The first-order chi connectivity index (χ1) is 54.1. The topological polar surface area (TPSA) is 237 Å². The number of carbonyl (C=O) groups excluding carboxylic acids is 4. The van der Waals surface area contributed by atoms with Gasteiger partial charge < -0.3 is 33.8 Å². The van der Waals surface area contributed by atoms with Crippen molar-refractivity contribution in [2.75, 3.05) is 39.6 Å². The summed E-state index contributed by atoms with van der Waals surface area (Å²) in [6, 6.07) is 0. The molecule has 0 spiro atoms. The molecule has 0 aliphatic rings. The number of phosphoric ester groups is 2. The second kappa shape index (κ2) is 84.5. The average Bonchev–Trinajstić information content (AvgIpc) is 0.899. The van der Waals surface area contributed by atoms with Gasteiger partial charge in [-0.2, -0.15) is 0 Å². The lowest BCUT2D eigenvalue weighted by molar-refractivity contribution is -0.161. The van der Waals surface area contributed by atoms with E-state index in [4.69, 9.17) is 37.0 Å². The predicted octanol–water partition coefficient (Wildman–Crippen LogP) is 28.7. The largest absolute Gasteiger partial charge is 0.472 e. The molecule has 0 amide bonds. The smallest absolute Gasteiger partial charge is 0.462 e. The Balaban J connectivity index is 5.23. The second-order valence-electron chi connectivity index (χ2n) is 33.3. The molecule has 111 heavy (non-hydrogen) atoms. The van der Waals surface area contributed by atoms with Crippen molar-refractivity contribution in [2.45, 2.75) is 522 Å². The molecule has 0 saturated carbocycles. The number of aliphatic hydroxyl groups is 1. The van der Waals surface area contributed by atoms with E-state index in [0.29, 0.717) is 25.7 Å². The number of ether oxygens (including phenoxy) is 4. The van der Waals surface area contributed by atoms with E-state index in [1.807, 2.05) is 0 Å². The van der Waals surface area contributed by atoms with Crippen LogP contribution in [0.2, 0.25) is 0 Å². The number of rotatable bonds is 92. The highest BCUT2D eigenvalue weighted by Gasteiger charge is 2.31. The van der Waals surface area contributed by atoms with Crippen molar-refractivity contribution in [1.82, 2.24) is 0 Å². The van der Waals surface area contributed by atoms with Crippen LogP contribution in [0.4, 0.5) is 0 Å². The first-order valence-electron chi connectivity index (χ1n) is 47.7. The molecular formula is C92H180O17P2. The fourth-order valence-electron chi connectivity index (χ4n) is 14.5. The molecule has 0 fully saturated rings. The van der Waals surface area contributed by atoms with Crippen LogP contribution >= 0.6 is 15.6 Å². The number of esters is 4. The Morgan fingerprint density at radius 2 is 0.432 bits per heavy atom. The van der Waals surface area contributed by atoms with Crippen LogP contribution < -0.4 is 0 Å². The normalized spacial score (nSPS) is 13.9. The zero-order chi connectivity index (χ0) is 81.1. The minimum atomic E-state index is -4.97. The lowest BCUT2D eigenvalue weighted by atomic mass is 9.99. The summed E-state index contributed by atoms with van der Waals surface area (Å²) in [5.41, 5.74) is 0. The second-order valence-corrected chi connectivity index (χ2v) is 36.2. The fraction of sp³-hybridized carbons (Fsp3) is 0.957. The van der Waals surface area contributed by atoms with Gasteiger partial charge in [0.2, 0.25) is 0 Å². The number of carbonyl (C=O) groups is 4. The van der Waals surface area contributed by atoms with E-state index >= 15 is 0 Å². The van der Waals surface area contributed by atoms with Crippen LogP contribution in [0.1, 0.15) is 503 Å². The average molecular weight is 1620 g/mol. The first-order valence-corrected chi connectivity index (χ1v) is 50.7. The maximum absolute atomic E-state index is 13.2. The van der Waals surface area contributed by atoms with E-state index in [-0.39, 0.29) is 25.7 Å². The number of phosphoric acid groups is 2. The van der Waals surface area contributed by atoms with Crippen molar-refractivity contribution >= 4 is 39.5 Å². The Morgan fingerprint density at radius 1 is 0.252 bits per heavy atom. The third-order valence-electron chi connectivity index (χ3n) is 22.1. The zero-order valence-electron chi connectivity index (χ0n) is 73.1. The van der Waals surface area contributed by atoms with Crippen molar-refractivity contribution < 1.29 is 80.2 Å². The highest BCUT2D eigenvalue weighted by molar-refractivity contribution is 7.47. The Kier molecular flexibility index (Phi) is 83.0. The van der Waals surface area contributed by atoms with E-state index in [9.17, 15) is 43.2 Å². The monoisotopic (exact) mass is 1620 g/mol. The molecule has 660 valence electrons. The van der Waals surface area contributed by atoms with Crippen molar-refractivity contribution in [3.05, 3.63) is 0 Å². The molecule has 0 bridgehead atoms. The van der Waals surface area contributed by atoms with Gasteiger partial charge >= 0.3 is 39.5 Å². The van der Waals surface area contributed by atoms with Gasteiger partial charge in [0, 0.05) is 25.7 Å². The lowest BCUT2D eigenvalue weighted by Gasteiger charge is -2.21. The Labute approximate surface area is 683 Å². The molecule has 0 aliphatic carbocycles. The number of hydrogen-bond donors (Lipinski definition) is 3. The summed E-state index contributed by atoms with van der Waals surface area (Å²) >= 11 is 0. The van der Waals surface area contributed by atoms with Crippen molar-refractivity contribution in [3.8, 4) is 0 Å². The Bertz CT molecular complexity index is 2100. The summed E-state index contributed by atoms with van der Waals surface area (Å²) in [7, 11) is -9.94. The summed E-state index contributed by atoms with van der Waals surface area (Å²) in [6.07, 6.45) is 80.6. The highest BCUT2D eigenvalue weighted by Crippen LogP contribution is 2.45. The van der Waals surface area contributed by atoms with Crippen LogP contribution in [0.3, 0.4) is 0 Å².